The Morgan fingerprint density at radius 3 is 2.38 bits per heavy atom. The van der Waals surface area contributed by atoms with Crippen LogP contribution in [0.4, 0.5) is 0 Å². The standard InChI is InChI=1S/C16H23ClN2O4S/c1-4-23-16(20)11-18-5-7-19(8-6-18)24(21,22)15-10-12(2)14(17)9-13(15)3/h9-10H,4-8,11H2,1-3H3. The van der Waals surface area contributed by atoms with Crippen molar-refractivity contribution in [2.45, 2.75) is 25.7 Å². The summed E-state index contributed by atoms with van der Waals surface area (Å²) in [5, 5.41) is 0.561. The molecule has 8 heteroatoms. The second-order valence-electron chi connectivity index (χ2n) is 5.85. The average Bonchev–Trinajstić information content (AvgIpc) is 2.51. The number of piperazine rings is 1. The molecule has 0 radical (unpaired) electrons. The van der Waals surface area contributed by atoms with Crippen LogP contribution in [0.3, 0.4) is 0 Å². The third-order valence-corrected chi connectivity index (χ3v) is 6.51. The monoisotopic (exact) mass is 374 g/mol. The predicted molar refractivity (Wildman–Crippen MR) is 92.8 cm³/mol. The molecular formula is C16H23ClN2O4S. The summed E-state index contributed by atoms with van der Waals surface area (Å²) in [5.41, 5.74) is 1.38. The lowest BCUT2D eigenvalue weighted by molar-refractivity contribution is -0.144. The van der Waals surface area contributed by atoms with E-state index in [1.54, 1.807) is 32.9 Å². The number of sulfonamides is 1. The van der Waals surface area contributed by atoms with E-state index in [2.05, 4.69) is 0 Å². The molecule has 0 unspecified atom stereocenters. The number of benzene rings is 1. The number of hydrogen-bond donors (Lipinski definition) is 0. The number of carbonyl (C=O) groups is 1. The second kappa shape index (κ2) is 7.82. The number of aryl methyl sites for hydroxylation is 2. The molecule has 1 aliphatic rings. The summed E-state index contributed by atoms with van der Waals surface area (Å²) in [6.45, 7) is 7.55. The third kappa shape index (κ3) is 4.27. The van der Waals surface area contributed by atoms with E-state index in [1.807, 2.05) is 4.90 Å². The van der Waals surface area contributed by atoms with Crippen LogP contribution in [0.1, 0.15) is 18.1 Å². The van der Waals surface area contributed by atoms with Gasteiger partial charge in [-0.05, 0) is 44.0 Å². The van der Waals surface area contributed by atoms with Gasteiger partial charge in [0.15, 0.2) is 0 Å². The molecule has 0 aromatic heterocycles. The Bertz CT molecular complexity index is 713. The topological polar surface area (TPSA) is 66.9 Å². The van der Waals surface area contributed by atoms with E-state index in [4.69, 9.17) is 16.3 Å². The van der Waals surface area contributed by atoms with Crippen LogP contribution in [0, 0.1) is 13.8 Å². The van der Waals surface area contributed by atoms with Gasteiger partial charge < -0.3 is 4.74 Å². The number of rotatable bonds is 5. The summed E-state index contributed by atoms with van der Waals surface area (Å²) < 4.78 is 32.1. The first-order chi connectivity index (χ1) is 11.3. The molecule has 0 N–H and O–H groups in total. The molecule has 1 saturated heterocycles. The van der Waals surface area contributed by atoms with Gasteiger partial charge in [-0.2, -0.15) is 4.31 Å². The molecule has 2 rings (SSSR count). The van der Waals surface area contributed by atoms with E-state index in [0.29, 0.717) is 48.3 Å². The van der Waals surface area contributed by atoms with Crippen molar-refractivity contribution in [1.29, 1.82) is 0 Å². The summed E-state index contributed by atoms with van der Waals surface area (Å²) in [6.07, 6.45) is 0. The highest BCUT2D eigenvalue weighted by Gasteiger charge is 2.30. The summed E-state index contributed by atoms with van der Waals surface area (Å²) in [4.78, 5) is 13.7. The zero-order chi connectivity index (χ0) is 17.9. The van der Waals surface area contributed by atoms with Gasteiger partial charge in [0.05, 0.1) is 18.0 Å². The molecule has 1 heterocycles. The smallest absolute Gasteiger partial charge is 0.320 e. The van der Waals surface area contributed by atoms with Crippen LogP contribution < -0.4 is 0 Å². The van der Waals surface area contributed by atoms with Crippen LogP contribution in [-0.4, -0.2) is 62.9 Å². The highest BCUT2D eigenvalue weighted by atomic mass is 35.5. The van der Waals surface area contributed by atoms with Crippen molar-refractivity contribution in [3.8, 4) is 0 Å². The van der Waals surface area contributed by atoms with E-state index in [-0.39, 0.29) is 12.5 Å². The van der Waals surface area contributed by atoms with Crippen LogP contribution in [0.25, 0.3) is 0 Å². The van der Waals surface area contributed by atoms with E-state index in [1.165, 1.54) is 4.31 Å². The van der Waals surface area contributed by atoms with Crippen molar-refractivity contribution >= 4 is 27.6 Å². The first kappa shape index (κ1) is 19.2. The highest BCUT2D eigenvalue weighted by molar-refractivity contribution is 7.89. The molecule has 1 aromatic rings. The van der Waals surface area contributed by atoms with Crippen LogP contribution >= 0.6 is 11.6 Å². The van der Waals surface area contributed by atoms with Gasteiger partial charge in [0, 0.05) is 31.2 Å². The zero-order valence-corrected chi connectivity index (χ0v) is 15.8. The van der Waals surface area contributed by atoms with Gasteiger partial charge in [-0.25, -0.2) is 8.42 Å². The van der Waals surface area contributed by atoms with Gasteiger partial charge in [-0.1, -0.05) is 11.6 Å². The zero-order valence-electron chi connectivity index (χ0n) is 14.2. The van der Waals surface area contributed by atoms with Gasteiger partial charge >= 0.3 is 5.97 Å². The molecule has 0 amide bonds. The second-order valence-corrected chi connectivity index (χ2v) is 8.17. The summed E-state index contributed by atoms with van der Waals surface area (Å²) in [6, 6.07) is 3.30. The Morgan fingerprint density at radius 2 is 1.79 bits per heavy atom. The minimum absolute atomic E-state index is 0.195. The van der Waals surface area contributed by atoms with E-state index < -0.39 is 10.0 Å². The third-order valence-electron chi connectivity index (χ3n) is 4.06. The van der Waals surface area contributed by atoms with Gasteiger partial charge in [-0.15, -0.1) is 0 Å². The fraction of sp³-hybridized carbons (Fsp3) is 0.562. The number of ether oxygens (including phenoxy) is 1. The average molecular weight is 375 g/mol. The summed E-state index contributed by atoms with van der Waals surface area (Å²) >= 11 is 6.06. The van der Waals surface area contributed by atoms with Crippen molar-refractivity contribution in [1.82, 2.24) is 9.21 Å². The molecular weight excluding hydrogens is 352 g/mol. The minimum Gasteiger partial charge on any atom is -0.465 e. The Kier molecular flexibility index (Phi) is 6.25. The first-order valence-electron chi connectivity index (χ1n) is 7.90. The van der Waals surface area contributed by atoms with E-state index in [9.17, 15) is 13.2 Å². The largest absolute Gasteiger partial charge is 0.465 e. The summed E-state index contributed by atoms with van der Waals surface area (Å²) in [5.74, 6) is -0.280. The Hall–Kier alpha value is -1.15. The molecule has 0 saturated carbocycles. The molecule has 0 spiro atoms. The normalized spacial score (nSPS) is 17.0. The van der Waals surface area contributed by atoms with Gasteiger partial charge in [-0.3, -0.25) is 9.69 Å². The Labute approximate surface area is 148 Å². The van der Waals surface area contributed by atoms with Crippen LogP contribution in [-0.2, 0) is 19.6 Å². The van der Waals surface area contributed by atoms with Crippen LogP contribution in [0.5, 0.6) is 0 Å². The van der Waals surface area contributed by atoms with Crippen molar-refractivity contribution < 1.29 is 17.9 Å². The lowest BCUT2D eigenvalue weighted by Crippen LogP contribution is -2.50. The Morgan fingerprint density at radius 1 is 1.17 bits per heavy atom. The van der Waals surface area contributed by atoms with E-state index >= 15 is 0 Å². The number of hydrogen-bond acceptors (Lipinski definition) is 5. The number of esters is 1. The maximum atomic E-state index is 12.9. The molecule has 1 aromatic carbocycles. The molecule has 1 aliphatic heterocycles. The summed E-state index contributed by atoms with van der Waals surface area (Å²) in [7, 11) is -3.56. The van der Waals surface area contributed by atoms with E-state index in [0.717, 1.165) is 5.56 Å². The van der Waals surface area contributed by atoms with Gasteiger partial charge in [0.2, 0.25) is 10.0 Å². The maximum absolute atomic E-state index is 12.9. The fourth-order valence-corrected chi connectivity index (χ4v) is 4.62. The predicted octanol–water partition coefficient (Wildman–Crippen LogP) is 1.83. The molecule has 0 atom stereocenters. The fourth-order valence-electron chi connectivity index (χ4n) is 2.69. The quantitative estimate of drug-likeness (QED) is 0.735. The molecule has 6 nitrogen and oxygen atoms in total. The highest BCUT2D eigenvalue weighted by Crippen LogP contribution is 2.26. The van der Waals surface area contributed by atoms with Gasteiger partial charge in [0.25, 0.3) is 0 Å². The Balaban J connectivity index is 2.08. The van der Waals surface area contributed by atoms with Gasteiger partial charge in [0.1, 0.15) is 0 Å². The lowest BCUT2D eigenvalue weighted by atomic mass is 10.2. The van der Waals surface area contributed by atoms with Crippen LogP contribution in [0.15, 0.2) is 17.0 Å². The first-order valence-corrected chi connectivity index (χ1v) is 9.72. The lowest BCUT2D eigenvalue weighted by Gasteiger charge is -2.33. The van der Waals surface area contributed by atoms with Crippen LogP contribution in [0.2, 0.25) is 5.02 Å². The molecule has 1 fully saturated rings. The van der Waals surface area contributed by atoms with Crippen molar-refractivity contribution in [3.05, 3.63) is 28.3 Å². The number of halogens is 1. The maximum Gasteiger partial charge on any atom is 0.320 e. The van der Waals surface area contributed by atoms with Crippen molar-refractivity contribution in [3.63, 3.8) is 0 Å². The van der Waals surface area contributed by atoms with Crippen molar-refractivity contribution in [2.75, 3.05) is 39.3 Å². The van der Waals surface area contributed by atoms with Crippen molar-refractivity contribution in [2.24, 2.45) is 0 Å². The number of nitrogens with zero attached hydrogens (tertiary/aromatic N) is 2. The molecule has 134 valence electrons. The molecule has 0 aliphatic carbocycles. The molecule has 24 heavy (non-hydrogen) atoms. The SMILES string of the molecule is CCOC(=O)CN1CCN(S(=O)(=O)c2cc(C)c(Cl)cc2C)CC1. The minimum atomic E-state index is -3.56. The molecule has 0 bridgehead atoms. The number of carbonyl (C=O) groups excluding carboxylic acids is 1.